The van der Waals surface area contributed by atoms with Crippen molar-refractivity contribution in [3.05, 3.63) is 52.2 Å². The molecule has 1 aliphatic heterocycles. The molecule has 8 heteroatoms. The molecular weight excluding hydrogens is 346 g/mol. The minimum absolute atomic E-state index is 0.0312. The van der Waals surface area contributed by atoms with Gasteiger partial charge in [-0.1, -0.05) is 17.7 Å². The zero-order valence-electron chi connectivity index (χ0n) is 15.4. The highest BCUT2D eigenvalue weighted by Crippen LogP contribution is 2.18. The molecule has 1 fully saturated rings. The van der Waals surface area contributed by atoms with Crippen LogP contribution in [-0.4, -0.2) is 56.4 Å². The van der Waals surface area contributed by atoms with Crippen LogP contribution in [0.25, 0.3) is 16.7 Å². The van der Waals surface area contributed by atoms with E-state index in [1.54, 1.807) is 9.58 Å². The Labute approximate surface area is 156 Å². The molecule has 0 spiro atoms. The minimum Gasteiger partial charge on any atom is -0.378 e. The molecule has 2 aromatic heterocycles. The van der Waals surface area contributed by atoms with Gasteiger partial charge in [-0.3, -0.25) is 14.2 Å². The van der Waals surface area contributed by atoms with Crippen LogP contribution in [0.1, 0.15) is 11.1 Å². The molecule has 1 amide bonds. The monoisotopic (exact) mass is 367 g/mol. The molecule has 3 aromatic rings. The highest BCUT2D eigenvalue weighted by atomic mass is 16.5. The maximum atomic E-state index is 12.8. The van der Waals surface area contributed by atoms with Gasteiger partial charge in [-0.2, -0.15) is 5.10 Å². The van der Waals surface area contributed by atoms with E-state index in [-0.39, 0.29) is 18.0 Å². The van der Waals surface area contributed by atoms with E-state index in [1.807, 2.05) is 26.0 Å². The molecule has 0 atom stereocenters. The Hall–Kier alpha value is -3.00. The first-order valence-corrected chi connectivity index (χ1v) is 8.91. The second-order valence-electron chi connectivity index (χ2n) is 6.75. The van der Waals surface area contributed by atoms with E-state index in [0.29, 0.717) is 37.3 Å². The molecular formula is C19H21N5O3. The minimum atomic E-state index is -0.266. The fraction of sp³-hybridized carbons (Fsp3) is 0.368. The number of ether oxygens (including phenoxy) is 1. The van der Waals surface area contributed by atoms with Gasteiger partial charge in [0, 0.05) is 13.1 Å². The summed E-state index contributed by atoms with van der Waals surface area (Å²) in [7, 11) is 0. The zero-order chi connectivity index (χ0) is 19.0. The van der Waals surface area contributed by atoms with Gasteiger partial charge in [0.25, 0.3) is 5.56 Å². The van der Waals surface area contributed by atoms with Crippen molar-refractivity contribution in [1.82, 2.24) is 24.2 Å². The van der Waals surface area contributed by atoms with Crippen molar-refractivity contribution >= 4 is 16.9 Å². The van der Waals surface area contributed by atoms with Crippen LogP contribution < -0.4 is 5.56 Å². The second-order valence-corrected chi connectivity index (χ2v) is 6.75. The highest BCUT2D eigenvalue weighted by Gasteiger charge is 2.19. The van der Waals surface area contributed by atoms with Crippen molar-refractivity contribution in [3.63, 3.8) is 0 Å². The van der Waals surface area contributed by atoms with Gasteiger partial charge in [-0.15, -0.1) is 0 Å². The summed E-state index contributed by atoms with van der Waals surface area (Å²) in [6.45, 7) is 6.15. The van der Waals surface area contributed by atoms with E-state index in [4.69, 9.17) is 4.74 Å². The van der Waals surface area contributed by atoms with Gasteiger partial charge in [-0.25, -0.2) is 9.67 Å². The third kappa shape index (κ3) is 3.23. The van der Waals surface area contributed by atoms with Gasteiger partial charge in [0.05, 0.1) is 25.1 Å². The number of carbonyl (C=O) groups is 1. The molecule has 0 saturated carbocycles. The quantitative estimate of drug-likeness (QED) is 0.691. The summed E-state index contributed by atoms with van der Waals surface area (Å²) >= 11 is 0. The van der Waals surface area contributed by atoms with Crippen LogP contribution in [0.3, 0.4) is 0 Å². The molecule has 3 heterocycles. The maximum absolute atomic E-state index is 12.8. The molecule has 8 nitrogen and oxygen atoms in total. The van der Waals surface area contributed by atoms with Gasteiger partial charge in [0.2, 0.25) is 5.91 Å². The number of carbonyl (C=O) groups excluding carboxylic acids is 1. The first kappa shape index (κ1) is 17.4. The Balaban J connectivity index is 1.67. The number of rotatable bonds is 3. The topological polar surface area (TPSA) is 82.2 Å². The summed E-state index contributed by atoms with van der Waals surface area (Å²) in [4.78, 5) is 31.3. The van der Waals surface area contributed by atoms with E-state index in [1.165, 1.54) is 17.1 Å². The standard InChI is InChI=1S/C19H21N5O3/c1-13-3-4-16(14(2)9-13)24-18-15(10-21-24)19(26)23(12-20-18)11-17(25)22-5-7-27-8-6-22/h3-4,9-10,12H,5-8,11H2,1-2H3. The Kier molecular flexibility index (Phi) is 4.49. The molecule has 1 saturated heterocycles. The molecule has 0 radical (unpaired) electrons. The van der Waals surface area contributed by atoms with Crippen LogP contribution in [0.15, 0.2) is 35.5 Å². The SMILES string of the molecule is Cc1ccc(-n2ncc3c(=O)n(CC(=O)N4CCOCC4)cnc32)c(C)c1. The number of aromatic nitrogens is 4. The lowest BCUT2D eigenvalue weighted by Gasteiger charge is -2.26. The predicted octanol–water partition coefficient (Wildman–Crippen LogP) is 1.06. The summed E-state index contributed by atoms with van der Waals surface area (Å²) < 4.78 is 8.27. The molecule has 140 valence electrons. The van der Waals surface area contributed by atoms with E-state index in [0.717, 1.165) is 16.8 Å². The van der Waals surface area contributed by atoms with Crippen LogP contribution >= 0.6 is 0 Å². The Bertz CT molecular complexity index is 1060. The zero-order valence-corrected chi connectivity index (χ0v) is 15.4. The predicted molar refractivity (Wildman–Crippen MR) is 100.0 cm³/mol. The molecule has 4 rings (SSSR count). The molecule has 0 unspecified atom stereocenters. The van der Waals surface area contributed by atoms with Gasteiger partial charge in [0.1, 0.15) is 18.3 Å². The Morgan fingerprint density at radius 3 is 2.74 bits per heavy atom. The van der Waals surface area contributed by atoms with Gasteiger partial charge >= 0.3 is 0 Å². The van der Waals surface area contributed by atoms with Crippen molar-refractivity contribution in [2.24, 2.45) is 0 Å². The van der Waals surface area contributed by atoms with Gasteiger partial charge in [-0.05, 0) is 25.5 Å². The third-order valence-electron chi connectivity index (χ3n) is 4.80. The number of hydrogen-bond donors (Lipinski definition) is 0. The average Bonchev–Trinajstić information content (AvgIpc) is 3.09. The highest BCUT2D eigenvalue weighted by molar-refractivity contribution is 5.78. The van der Waals surface area contributed by atoms with Crippen molar-refractivity contribution in [1.29, 1.82) is 0 Å². The van der Waals surface area contributed by atoms with Crippen LogP contribution in [-0.2, 0) is 16.1 Å². The second kappa shape index (κ2) is 6.96. The molecule has 1 aliphatic rings. The fourth-order valence-corrected chi connectivity index (χ4v) is 3.34. The van der Waals surface area contributed by atoms with Crippen LogP contribution in [0.4, 0.5) is 0 Å². The fourth-order valence-electron chi connectivity index (χ4n) is 3.34. The summed E-state index contributed by atoms with van der Waals surface area (Å²) in [6.07, 6.45) is 2.93. The van der Waals surface area contributed by atoms with E-state index >= 15 is 0 Å². The van der Waals surface area contributed by atoms with Crippen molar-refractivity contribution in [2.75, 3.05) is 26.3 Å². The van der Waals surface area contributed by atoms with E-state index in [2.05, 4.69) is 16.1 Å². The number of nitrogens with zero attached hydrogens (tertiary/aromatic N) is 5. The molecule has 0 N–H and O–H groups in total. The summed E-state index contributed by atoms with van der Waals surface area (Å²) in [5.74, 6) is -0.108. The number of hydrogen-bond acceptors (Lipinski definition) is 5. The van der Waals surface area contributed by atoms with Crippen LogP contribution in [0, 0.1) is 13.8 Å². The molecule has 0 bridgehead atoms. The van der Waals surface area contributed by atoms with Crippen molar-refractivity contribution in [3.8, 4) is 5.69 Å². The first-order valence-electron chi connectivity index (χ1n) is 8.91. The normalized spacial score (nSPS) is 14.7. The van der Waals surface area contributed by atoms with Crippen molar-refractivity contribution in [2.45, 2.75) is 20.4 Å². The summed E-state index contributed by atoms with van der Waals surface area (Å²) in [6, 6.07) is 6.02. The number of morpholine rings is 1. The molecule has 1 aromatic carbocycles. The van der Waals surface area contributed by atoms with Gasteiger partial charge in [0.15, 0.2) is 5.65 Å². The number of fused-ring (bicyclic) bond motifs is 1. The number of aryl methyl sites for hydroxylation is 2. The van der Waals surface area contributed by atoms with Gasteiger partial charge < -0.3 is 9.64 Å². The number of benzene rings is 1. The first-order chi connectivity index (χ1) is 13.0. The smallest absolute Gasteiger partial charge is 0.264 e. The lowest BCUT2D eigenvalue weighted by molar-refractivity contribution is -0.135. The Morgan fingerprint density at radius 2 is 2.00 bits per heavy atom. The van der Waals surface area contributed by atoms with Crippen LogP contribution in [0.5, 0.6) is 0 Å². The Morgan fingerprint density at radius 1 is 1.22 bits per heavy atom. The lowest BCUT2D eigenvalue weighted by atomic mass is 10.1. The molecule has 0 aliphatic carbocycles. The van der Waals surface area contributed by atoms with Crippen LogP contribution in [0.2, 0.25) is 0 Å². The third-order valence-corrected chi connectivity index (χ3v) is 4.80. The van der Waals surface area contributed by atoms with E-state index in [9.17, 15) is 9.59 Å². The average molecular weight is 367 g/mol. The summed E-state index contributed by atoms with van der Waals surface area (Å²) in [5.41, 5.74) is 3.31. The lowest BCUT2D eigenvalue weighted by Crippen LogP contribution is -2.43. The largest absolute Gasteiger partial charge is 0.378 e. The maximum Gasteiger partial charge on any atom is 0.264 e. The molecule has 27 heavy (non-hydrogen) atoms. The number of amides is 1. The summed E-state index contributed by atoms with van der Waals surface area (Å²) in [5, 5.41) is 4.75. The van der Waals surface area contributed by atoms with Crippen molar-refractivity contribution < 1.29 is 9.53 Å². The van der Waals surface area contributed by atoms with E-state index < -0.39 is 0 Å².